The molecule has 0 atom stereocenters. The minimum Gasteiger partial charge on any atom is -0.504 e. The molecule has 1 amide bonds. The van der Waals surface area contributed by atoms with Gasteiger partial charge in [0.2, 0.25) is 0 Å². The van der Waals surface area contributed by atoms with Crippen molar-refractivity contribution in [3.63, 3.8) is 0 Å². The number of para-hydroxylation sites is 1. The summed E-state index contributed by atoms with van der Waals surface area (Å²) in [5.41, 5.74) is 2.48. The number of nitrogens with zero attached hydrogens (tertiary/aromatic N) is 2. The number of phenols is 1. The monoisotopic (exact) mass is 316 g/mol. The average Bonchev–Trinajstić information content (AvgIpc) is 2.50. The van der Waals surface area contributed by atoms with Gasteiger partial charge in [0.15, 0.2) is 11.5 Å². The summed E-state index contributed by atoms with van der Waals surface area (Å²) >= 11 is 0. The van der Waals surface area contributed by atoms with Gasteiger partial charge in [-0.15, -0.1) is 0 Å². The van der Waals surface area contributed by atoms with E-state index in [4.69, 9.17) is 4.74 Å². The largest absolute Gasteiger partial charge is 0.504 e. The van der Waals surface area contributed by atoms with Crippen LogP contribution in [0.5, 0.6) is 11.5 Å². The summed E-state index contributed by atoms with van der Waals surface area (Å²) in [6, 6.07) is 6.36. The molecule has 0 saturated heterocycles. The maximum atomic E-state index is 11.9. The Labute approximate surface area is 131 Å². The fourth-order valence-corrected chi connectivity index (χ4v) is 1.83. The number of phenolic OH excluding ortho intramolecular Hbond substituents is 1. The van der Waals surface area contributed by atoms with Gasteiger partial charge >= 0.3 is 5.69 Å². The van der Waals surface area contributed by atoms with Crippen LogP contribution in [0.15, 0.2) is 34.2 Å². The highest BCUT2D eigenvalue weighted by Crippen LogP contribution is 2.28. The van der Waals surface area contributed by atoms with Gasteiger partial charge in [-0.05, 0) is 32.0 Å². The molecule has 2 aromatic rings. The lowest BCUT2D eigenvalue weighted by Gasteiger charge is -2.07. The van der Waals surface area contributed by atoms with Crippen LogP contribution in [-0.4, -0.2) is 33.8 Å². The summed E-state index contributed by atoms with van der Waals surface area (Å²) < 4.78 is 5.25. The topological polar surface area (TPSA) is 117 Å². The lowest BCUT2D eigenvalue weighted by molar-refractivity contribution is 0.0949. The third-order valence-electron chi connectivity index (χ3n) is 2.81. The van der Waals surface area contributed by atoms with E-state index in [1.54, 1.807) is 32.0 Å². The van der Waals surface area contributed by atoms with Gasteiger partial charge in [0, 0.05) is 11.3 Å². The number of nitrogens with one attached hydrogen (secondary N) is 2. The fourth-order valence-electron chi connectivity index (χ4n) is 1.83. The SMILES string of the molecule is CCOc1cccc(/C=N/NC(=O)c2cc(C)[nH]c(=O)n2)c1O. The Hall–Kier alpha value is -3.16. The summed E-state index contributed by atoms with van der Waals surface area (Å²) in [5, 5.41) is 13.7. The zero-order chi connectivity index (χ0) is 16.8. The Morgan fingerprint density at radius 3 is 3.00 bits per heavy atom. The van der Waals surface area contributed by atoms with Gasteiger partial charge < -0.3 is 14.8 Å². The maximum absolute atomic E-state index is 11.9. The molecule has 1 aromatic carbocycles. The number of benzene rings is 1. The quantitative estimate of drug-likeness (QED) is 0.561. The molecule has 23 heavy (non-hydrogen) atoms. The van der Waals surface area contributed by atoms with E-state index < -0.39 is 11.6 Å². The van der Waals surface area contributed by atoms with Crippen LogP contribution in [0.1, 0.15) is 28.7 Å². The number of carbonyl (C=O) groups excluding carboxylic acids is 1. The van der Waals surface area contributed by atoms with Gasteiger partial charge in [-0.2, -0.15) is 10.1 Å². The molecule has 1 aromatic heterocycles. The van der Waals surface area contributed by atoms with Crippen LogP contribution in [0.3, 0.4) is 0 Å². The third kappa shape index (κ3) is 4.16. The highest BCUT2D eigenvalue weighted by molar-refractivity contribution is 5.93. The summed E-state index contributed by atoms with van der Waals surface area (Å²) in [6.07, 6.45) is 1.27. The number of aromatic hydroxyl groups is 1. The smallest absolute Gasteiger partial charge is 0.345 e. The van der Waals surface area contributed by atoms with E-state index in [9.17, 15) is 14.7 Å². The lowest BCUT2D eigenvalue weighted by Crippen LogP contribution is -2.24. The molecule has 0 aliphatic carbocycles. The summed E-state index contributed by atoms with van der Waals surface area (Å²) in [6.45, 7) is 3.86. The van der Waals surface area contributed by atoms with Crippen LogP contribution < -0.4 is 15.9 Å². The minimum atomic E-state index is -0.629. The molecular weight excluding hydrogens is 300 g/mol. The van der Waals surface area contributed by atoms with E-state index in [1.807, 2.05) is 0 Å². The molecular formula is C15H16N4O4. The van der Waals surface area contributed by atoms with Crippen molar-refractivity contribution in [3.05, 3.63) is 51.7 Å². The number of hydrogen-bond acceptors (Lipinski definition) is 6. The second-order valence-corrected chi connectivity index (χ2v) is 4.58. The van der Waals surface area contributed by atoms with E-state index in [1.165, 1.54) is 12.3 Å². The normalized spacial score (nSPS) is 10.7. The number of ether oxygens (including phenoxy) is 1. The molecule has 0 fully saturated rings. The second-order valence-electron chi connectivity index (χ2n) is 4.58. The summed E-state index contributed by atoms with van der Waals surface area (Å²) in [7, 11) is 0. The zero-order valence-electron chi connectivity index (χ0n) is 12.7. The van der Waals surface area contributed by atoms with Gasteiger partial charge in [0.05, 0.1) is 12.8 Å². The van der Waals surface area contributed by atoms with Gasteiger partial charge in [-0.25, -0.2) is 10.2 Å². The van der Waals surface area contributed by atoms with Crippen LogP contribution in [0, 0.1) is 6.92 Å². The molecule has 8 heteroatoms. The van der Waals surface area contributed by atoms with Crippen LogP contribution in [0.2, 0.25) is 0 Å². The number of rotatable bonds is 5. The molecule has 0 spiro atoms. The number of aromatic nitrogens is 2. The van der Waals surface area contributed by atoms with E-state index in [0.717, 1.165) is 0 Å². The number of H-pyrrole nitrogens is 1. The fraction of sp³-hybridized carbons (Fsp3) is 0.200. The number of hydrogen-bond donors (Lipinski definition) is 3. The maximum Gasteiger partial charge on any atom is 0.345 e. The molecule has 1 heterocycles. The van der Waals surface area contributed by atoms with E-state index >= 15 is 0 Å². The Morgan fingerprint density at radius 2 is 2.30 bits per heavy atom. The number of aromatic amines is 1. The van der Waals surface area contributed by atoms with E-state index in [0.29, 0.717) is 23.6 Å². The molecule has 2 rings (SSSR count). The zero-order valence-corrected chi connectivity index (χ0v) is 12.7. The van der Waals surface area contributed by atoms with Crippen molar-refractivity contribution >= 4 is 12.1 Å². The van der Waals surface area contributed by atoms with Gasteiger partial charge in [-0.3, -0.25) is 4.79 Å². The van der Waals surface area contributed by atoms with Crippen molar-refractivity contribution in [1.29, 1.82) is 0 Å². The van der Waals surface area contributed by atoms with Crippen molar-refractivity contribution in [3.8, 4) is 11.5 Å². The first kappa shape index (κ1) is 16.2. The first-order chi connectivity index (χ1) is 11.0. The van der Waals surface area contributed by atoms with Crippen molar-refractivity contribution in [2.75, 3.05) is 6.61 Å². The van der Waals surface area contributed by atoms with E-state index in [2.05, 4.69) is 20.5 Å². The number of carbonyl (C=O) groups is 1. The third-order valence-corrected chi connectivity index (χ3v) is 2.81. The van der Waals surface area contributed by atoms with Crippen molar-refractivity contribution in [2.45, 2.75) is 13.8 Å². The second kappa shape index (κ2) is 7.21. The highest BCUT2D eigenvalue weighted by Gasteiger charge is 2.09. The molecule has 0 saturated carbocycles. The van der Waals surface area contributed by atoms with Gasteiger partial charge in [0.25, 0.3) is 5.91 Å². The van der Waals surface area contributed by atoms with Crippen LogP contribution >= 0.6 is 0 Å². The molecule has 120 valence electrons. The lowest BCUT2D eigenvalue weighted by atomic mass is 10.2. The summed E-state index contributed by atoms with van der Waals surface area (Å²) in [4.78, 5) is 29.1. The summed E-state index contributed by atoms with van der Waals surface area (Å²) in [5.74, 6) is -0.372. The predicted octanol–water partition coefficient (Wildman–Crippen LogP) is 0.947. The standard InChI is InChI=1S/C15H16N4O4/c1-3-23-12-6-4-5-10(13(12)20)8-16-19-14(21)11-7-9(2)17-15(22)18-11/h4-8,20H,3H2,1-2H3,(H,19,21)(H,17,18,22)/b16-8+. The predicted molar refractivity (Wildman–Crippen MR) is 83.9 cm³/mol. The van der Waals surface area contributed by atoms with Crippen molar-refractivity contribution in [1.82, 2.24) is 15.4 Å². The number of hydrazone groups is 1. The minimum absolute atomic E-state index is 0.0457. The Morgan fingerprint density at radius 1 is 1.52 bits per heavy atom. The molecule has 8 nitrogen and oxygen atoms in total. The van der Waals surface area contributed by atoms with Gasteiger partial charge in [0.1, 0.15) is 5.69 Å². The molecule has 3 N–H and O–H groups in total. The van der Waals surface area contributed by atoms with Crippen LogP contribution in [0.25, 0.3) is 0 Å². The first-order valence-corrected chi connectivity index (χ1v) is 6.87. The molecule has 0 bridgehead atoms. The Kier molecular flexibility index (Phi) is 5.08. The first-order valence-electron chi connectivity index (χ1n) is 6.87. The van der Waals surface area contributed by atoms with E-state index in [-0.39, 0.29) is 11.4 Å². The van der Waals surface area contributed by atoms with Crippen molar-refractivity contribution < 1.29 is 14.6 Å². The van der Waals surface area contributed by atoms with Gasteiger partial charge in [-0.1, -0.05) is 6.07 Å². The Balaban J connectivity index is 2.11. The number of amides is 1. The highest BCUT2D eigenvalue weighted by atomic mass is 16.5. The van der Waals surface area contributed by atoms with Crippen molar-refractivity contribution in [2.24, 2.45) is 5.10 Å². The van der Waals surface area contributed by atoms with Crippen LogP contribution in [0.4, 0.5) is 0 Å². The average molecular weight is 316 g/mol. The van der Waals surface area contributed by atoms with Crippen LogP contribution in [-0.2, 0) is 0 Å². The molecule has 0 radical (unpaired) electrons. The number of aryl methyl sites for hydroxylation is 1. The molecule has 0 unspecified atom stereocenters. The molecule has 0 aliphatic rings. The Bertz CT molecular complexity index is 798. The molecule has 0 aliphatic heterocycles.